The molecule has 2 aliphatic carbocycles. The predicted octanol–water partition coefficient (Wildman–Crippen LogP) is 2.22. The molecule has 0 aromatic heterocycles. The van der Waals surface area contributed by atoms with Gasteiger partial charge in [0.05, 0.1) is 5.41 Å². The maximum Gasteiger partial charge on any atom is 0.331 e. The van der Waals surface area contributed by atoms with Crippen molar-refractivity contribution in [3.63, 3.8) is 0 Å². The van der Waals surface area contributed by atoms with E-state index in [1.165, 1.54) is 0 Å². The fraction of sp³-hybridized carbons (Fsp3) is 0.538. The molecule has 0 radical (unpaired) electrons. The van der Waals surface area contributed by atoms with Crippen LogP contribution in [0.15, 0.2) is 23.3 Å². The van der Waals surface area contributed by atoms with Gasteiger partial charge in [-0.2, -0.15) is 0 Å². The first-order chi connectivity index (χ1) is 7.97. The molecule has 4 nitrogen and oxygen atoms in total. The van der Waals surface area contributed by atoms with Crippen molar-refractivity contribution in [2.24, 2.45) is 11.3 Å². The zero-order valence-electron chi connectivity index (χ0n) is 9.77. The Morgan fingerprint density at radius 1 is 1.35 bits per heavy atom. The number of carboxylic acids is 2. The Hall–Kier alpha value is -1.58. The molecule has 92 valence electrons. The molecule has 0 bridgehead atoms. The van der Waals surface area contributed by atoms with Crippen molar-refractivity contribution in [1.82, 2.24) is 0 Å². The number of hydrogen-bond acceptors (Lipinski definition) is 2. The van der Waals surface area contributed by atoms with Gasteiger partial charge in [-0.1, -0.05) is 18.6 Å². The van der Waals surface area contributed by atoms with E-state index in [0.717, 1.165) is 19.3 Å². The topological polar surface area (TPSA) is 74.6 Å². The van der Waals surface area contributed by atoms with Crippen LogP contribution in [0, 0.1) is 11.3 Å². The van der Waals surface area contributed by atoms with Gasteiger partial charge in [0.2, 0.25) is 0 Å². The lowest BCUT2D eigenvalue weighted by atomic mass is 9.60. The monoisotopic (exact) mass is 236 g/mol. The van der Waals surface area contributed by atoms with Gasteiger partial charge in [-0.25, -0.2) is 4.79 Å². The molecule has 2 aliphatic rings. The highest BCUT2D eigenvalue weighted by Crippen LogP contribution is 2.49. The van der Waals surface area contributed by atoms with Gasteiger partial charge in [0.1, 0.15) is 0 Å². The van der Waals surface area contributed by atoms with Crippen molar-refractivity contribution < 1.29 is 19.8 Å². The molecule has 0 heterocycles. The van der Waals surface area contributed by atoms with E-state index in [2.05, 4.69) is 0 Å². The molecule has 2 rings (SSSR count). The smallest absolute Gasteiger partial charge is 0.331 e. The Kier molecular flexibility index (Phi) is 2.81. The summed E-state index contributed by atoms with van der Waals surface area (Å²) >= 11 is 0. The van der Waals surface area contributed by atoms with E-state index in [4.69, 9.17) is 5.11 Å². The van der Waals surface area contributed by atoms with Gasteiger partial charge in [-0.3, -0.25) is 4.79 Å². The molecule has 17 heavy (non-hydrogen) atoms. The van der Waals surface area contributed by atoms with Crippen molar-refractivity contribution >= 4 is 11.9 Å². The van der Waals surface area contributed by atoms with Crippen molar-refractivity contribution in [3.8, 4) is 0 Å². The molecule has 0 aromatic carbocycles. The maximum atomic E-state index is 11.5. The fourth-order valence-electron chi connectivity index (χ4n) is 2.63. The lowest BCUT2D eigenvalue weighted by molar-refractivity contribution is -0.151. The Balaban J connectivity index is 2.36. The molecule has 0 aliphatic heterocycles. The van der Waals surface area contributed by atoms with Crippen LogP contribution in [0.25, 0.3) is 0 Å². The number of hydrogen-bond donors (Lipinski definition) is 2. The lowest BCUT2D eigenvalue weighted by Crippen LogP contribution is -2.42. The standard InChI is InChI=1S/C13H16O4/c1-8-5-6-13(12(16)17,9-3-2-4-9)7-10(8)11(14)15/h5-6,9H,2-4,7H2,1H3,(H,14,15)(H,16,17). The number of aliphatic carboxylic acids is 2. The summed E-state index contributed by atoms with van der Waals surface area (Å²) in [5.41, 5.74) is -0.0960. The first kappa shape index (κ1) is 11.9. The first-order valence-electron chi connectivity index (χ1n) is 5.83. The third-order valence-corrected chi connectivity index (χ3v) is 4.07. The van der Waals surface area contributed by atoms with E-state index in [9.17, 15) is 14.7 Å². The van der Waals surface area contributed by atoms with Crippen LogP contribution in [0.5, 0.6) is 0 Å². The van der Waals surface area contributed by atoms with Gasteiger partial charge in [0.15, 0.2) is 0 Å². The third-order valence-electron chi connectivity index (χ3n) is 4.07. The van der Waals surface area contributed by atoms with Crippen LogP contribution >= 0.6 is 0 Å². The zero-order chi connectivity index (χ0) is 12.6. The predicted molar refractivity (Wildman–Crippen MR) is 61.5 cm³/mol. The summed E-state index contributed by atoms with van der Waals surface area (Å²) in [7, 11) is 0. The van der Waals surface area contributed by atoms with Gasteiger partial charge in [-0.05, 0) is 37.7 Å². The quantitative estimate of drug-likeness (QED) is 0.787. The number of allylic oxidation sites excluding steroid dienone is 2. The molecule has 0 spiro atoms. The molecule has 0 amide bonds. The summed E-state index contributed by atoms with van der Waals surface area (Å²) in [6.07, 6.45) is 6.26. The summed E-state index contributed by atoms with van der Waals surface area (Å²) in [5.74, 6) is -1.82. The van der Waals surface area contributed by atoms with Crippen LogP contribution in [0.1, 0.15) is 32.6 Å². The molecule has 2 N–H and O–H groups in total. The second-order valence-corrected chi connectivity index (χ2v) is 4.95. The minimum atomic E-state index is -1.00. The van der Waals surface area contributed by atoms with Gasteiger partial charge in [-0.15, -0.1) is 0 Å². The minimum absolute atomic E-state index is 0.0821. The Morgan fingerprint density at radius 2 is 2.00 bits per heavy atom. The Labute approximate surface area is 99.6 Å². The van der Waals surface area contributed by atoms with Crippen molar-refractivity contribution in [3.05, 3.63) is 23.3 Å². The molecule has 4 heteroatoms. The lowest BCUT2D eigenvalue weighted by Gasteiger charge is -2.42. The summed E-state index contributed by atoms with van der Waals surface area (Å²) in [6.45, 7) is 1.71. The molecule has 0 saturated heterocycles. The van der Waals surface area contributed by atoms with Crippen LogP contribution < -0.4 is 0 Å². The van der Waals surface area contributed by atoms with Gasteiger partial charge < -0.3 is 10.2 Å². The van der Waals surface area contributed by atoms with Gasteiger partial charge >= 0.3 is 11.9 Å². The fourth-order valence-corrected chi connectivity index (χ4v) is 2.63. The van der Waals surface area contributed by atoms with E-state index < -0.39 is 17.4 Å². The molecular formula is C13H16O4. The van der Waals surface area contributed by atoms with Crippen LogP contribution in [-0.4, -0.2) is 22.2 Å². The number of carbonyl (C=O) groups is 2. The van der Waals surface area contributed by atoms with E-state index in [-0.39, 0.29) is 17.9 Å². The number of carboxylic acid groups (broad SMARTS) is 2. The number of rotatable bonds is 3. The van der Waals surface area contributed by atoms with Crippen molar-refractivity contribution in [1.29, 1.82) is 0 Å². The summed E-state index contributed by atoms with van der Waals surface area (Å²) < 4.78 is 0. The summed E-state index contributed by atoms with van der Waals surface area (Å²) in [4.78, 5) is 22.6. The highest BCUT2D eigenvalue weighted by Gasteiger charge is 2.48. The van der Waals surface area contributed by atoms with Crippen molar-refractivity contribution in [2.75, 3.05) is 0 Å². The average molecular weight is 236 g/mol. The van der Waals surface area contributed by atoms with E-state index in [0.29, 0.717) is 5.57 Å². The van der Waals surface area contributed by atoms with Gasteiger partial charge in [0, 0.05) is 5.57 Å². The first-order valence-corrected chi connectivity index (χ1v) is 5.83. The van der Waals surface area contributed by atoms with Crippen LogP contribution in [-0.2, 0) is 9.59 Å². The minimum Gasteiger partial charge on any atom is -0.481 e. The van der Waals surface area contributed by atoms with E-state index >= 15 is 0 Å². The van der Waals surface area contributed by atoms with E-state index in [1.807, 2.05) is 0 Å². The second kappa shape index (κ2) is 4.02. The summed E-state index contributed by atoms with van der Waals surface area (Å²) in [5, 5.41) is 18.6. The van der Waals surface area contributed by atoms with Gasteiger partial charge in [0.25, 0.3) is 0 Å². The molecule has 1 fully saturated rings. The summed E-state index contributed by atoms with van der Waals surface area (Å²) in [6, 6.07) is 0. The SMILES string of the molecule is CC1=C(C(=O)O)CC(C(=O)O)(C2CCC2)C=C1. The second-order valence-electron chi connectivity index (χ2n) is 4.95. The zero-order valence-corrected chi connectivity index (χ0v) is 9.77. The largest absolute Gasteiger partial charge is 0.481 e. The van der Waals surface area contributed by atoms with E-state index in [1.54, 1.807) is 19.1 Å². The average Bonchev–Trinajstić information content (AvgIpc) is 2.17. The highest BCUT2D eigenvalue weighted by molar-refractivity contribution is 5.91. The normalized spacial score (nSPS) is 29.0. The van der Waals surface area contributed by atoms with Crippen LogP contribution in [0.4, 0.5) is 0 Å². The van der Waals surface area contributed by atoms with Crippen molar-refractivity contribution in [2.45, 2.75) is 32.6 Å². The molecule has 0 aromatic rings. The maximum absolute atomic E-state index is 11.5. The van der Waals surface area contributed by atoms with Crippen LogP contribution in [0.3, 0.4) is 0 Å². The van der Waals surface area contributed by atoms with Crippen LogP contribution in [0.2, 0.25) is 0 Å². The molecule has 1 saturated carbocycles. The highest BCUT2D eigenvalue weighted by atomic mass is 16.4. The third kappa shape index (κ3) is 1.77. The Bertz CT molecular complexity index is 429. The molecule has 1 unspecified atom stereocenters. The molecular weight excluding hydrogens is 220 g/mol. The Morgan fingerprint density at radius 3 is 2.41 bits per heavy atom. The molecule has 1 atom stereocenters.